The molecule has 3 nitrogen and oxygen atoms in total. The molecule has 0 fully saturated rings. The van der Waals surface area contributed by atoms with E-state index in [2.05, 4.69) is 17.2 Å². The lowest BCUT2D eigenvalue weighted by atomic mass is 10.4. The van der Waals surface area contributed by atoms with Gasteiger partial charge in [-0.1, -0.05) is 6.92 Å². The van der Waals surface area contributed by atoms with Gasteiger partial charge >= 0.3 is 6.18 Å². The Hall–Kier alpha value is -0.820. The van der Waals surface area contributed by atoms with Crippen molar-refractivity contribution in [3.05, 3.63) is 11.1 Å². The number of nitrogens with zero attached hydrogens (tertiary/aromatic N) is 2. The molecule has 0 unspecified atom stereocenters. The summed E-state index contributed by atoms with van der Waals surface area (Å²) in [5.41, 5.74) is 0.877. The zero-order valence-corrected chi connectivity index (χ0v) is 11.4. The molecule has 7 heteroatoms. The molecule has 1 aromatic rings. The predicted molar refractivity (Wildman–Crippen MR) is 68.1 cm³/mol. The van der Waals surface area contributed by atoms with Gasteiger partial charge in [-0.25, -0.2) is 4.98 Å². The average Bonchev–Trinajstić information content (AvgIpc) is 2.74. The predicted octanol–water partition coefficient (Wildman–Crippen LogP) is 3.03. The molecule has 0 saturated heterocycles. The molecule has 104 valence electrons. The van der Waals surface area contributed by atoms with Gasteiger partial charge < -0.3 is 10.2 Å². The van der Waals surface area contributed by atoms with Gasteiger partial charge in [0.1, 0.15) is 0 Å². The molecule has 0 bridgehead atoms. The second kappa shape index (κ2) is 6.94. The number of anilines is 1. The van der Waals surface area contributed by atoms with Crippen LogP contribution in [0, 0.1) is 0 Å². The minimum Gasteiger partial charge on any atom is -0.351 e. The minimum atomic E-state index is -4.11. The Bertz CT molecular complexity index is 352. The summed E-state index contributed by atoms with van der Waals surface area (Å²) in [5, 5.41) is 5.71. The first-order valence-corrected chi connectivity index (χ1v) is 6.73. The lowest BCUT2D eigenvalue weighted by Crippen LogP contribution is -2.24. The van der Waals surface area contributed by atoms with E-state index < -0.39 is 12.6 Å². The van der Waals surface area contributed by atoms with Crippen LogP contribution in [0.2, 0.25) is 0 Å². The fourth-order valence-corrected chi connectivity index (χ4v) is 2.15. The summed E-state index contributed by atoms with van der Waals surface area (Å²) in [6, 6.07) is 0. The van der Waals surface area contributed by atoms with E-state index in [9.17, 15) is 13.2 Å². The molecule has 0 spiro atoms. The number of nitrogens with one attached hydrogen (secondary N) is 1. The second-order valence-electron chi connectivity index (χ2n) is 4.08. The van der Waals surface area contributed by atoms with Crippen LogP contribution in [-0.4, -0.2) is 31.3 Å². The fraction of sp³-hybridized carbons (Fsp3) is 0.727. The highest BCUT2D eigenvalue weighted by Crippen LogP contribution is 2.23. The van der Waals surface area contributed by atoms with Gasteiger partial charge in [0.15, 0.2) is 5.13 Å². The van der Waals surface area contributed by atoms with Gasteiger partial charge in [-0.15, -0.1) is 11.3 Å². The van der Waals surface area contributed by atoms with Crippen LogP contribution >= 0.6 is 11.3 Å². The quantitative estimate of drug-likeness (QED) is 0.779. The van der Waals surface area contributed by atoms with Crippen molar-refractivity contribution in [2.75, 3.05) is 25.0 Å². The monoisotopic (exact) mass is 281 g/mol. The zero-order chi connectivity index (χ0) is 13.6. The highest BCUT2D eigenvalue weighted by molar-refractivity contribution is 7.13. The van der Waals surface area contributed by atoms with E-state index in [0.29, 0.717) is 11.7 Å². The standard InChI is InChI=1S/C11H18F3N3S/c1-3-5-15-7-9-8-18-10(16-9)17(2)6-4-11(12,13)14/h8,15H,3-7H2,1-2H3. The first-order valence-electron chi connectivity index (χ1n) is 5.85. The lowest BCUT2D eigenvalue weighted by Gasteiger charge is -2.16. The maximum absolute atomic E-state index is 12.1. The number of hydrogen-bond acceptors (Lipinski definition) is 4. The van der Waals surface area contributed by atoms with Crippen LogP contribution in [0.3, 0.4) is 0 Å². The first-order chi connectivity index (χ1) is 8.42. The minimum absolute atomic E-state index is 0.0567. The SMILES string of the molecule is CCCNCc1csc(N(C)CCC(F)(F)F)n1. The summed E-state index contributed by atoms with van der Waals surface area (Å²) in [6.45, 7) is 3.59. The Morgan fingerprint density at radius 1 is 1.44 bits per heavy atom. The highest BCUT2D eigenvalue weighted by Gasteiger charge is 2.27. The van der Waals surface area contributed by atoms with Crippen LogP contribution in [0.5, 0.6) is 0 Å². The van der Waals surface area contributed by atoms with Gasteiger partial charge in [0, 0.05) is 25.5 Å². The molecule has 0 aliphatic rings. The molecule has 0 atom stereocenters. The number of thiazole rings is 1. The van der Waals surface area contributed by atoms with Crippen LogP contribution in [0.25, 0.3) is 0 Å². The van der Waals surface area contributed by atoms with Crippen molar-refractivity contribution in [1.82, 2.24) is 10.3 Å². The smallest absolute Gasteiger partial charge is 0.351 e. The van der Waals surface area contributed by atoms with E-state index in [1.165, 1.54) is 11.3 Å². The molecule has 1 N–H and O–H groups in total. The van der Waals surface area contributed by atoms with Crippen molar-refractivity contribution in [3.8, 4) is 0 Å². The van der Waals surface area contributed by atoms with Crippen molar-refractivity contribution >= 4 is 16.5 Å². The van der Waals surface area contributed by atoms with E-state index in [1.807, 2.05) is 5.38 Å². The van der Waals surface area contributed by atoms with Crippen molar-refractivity contribution in [3.63, 3.8) is 0 Å². The molecule has 1 heterocycles. The van der Waals surface area contributed by atoms with Crippen LogP contribution in [0.1, 0.15) is 25.5 Å². The average molecular weight is 281 g/mol. The molecule has 0 amide bonds. The topological polar surface area (TPSA) is 28.2 Å². The summed E-state index contributed by atoms with van der Waals surface area (Å²) in [6.07, 6.45) is -3.88. The van der Waals surface area contributed by atoms with Crippen molar-refractivity contribution in [2.45, 2.75) is 32.5 Å². The van der Waals surface area contributed by atoms with E-state index >= 15 is 0 Å². The Labute approximate surface area is 109 Å². The van der Waals surface area contributed by atoms with Crippen molar-refractivity contribution in [2.24, 2.45) is 0 Å². The van der Waals surface area contributed by atoms with Gasteiger partial charge in [-0.05, 0) is 13.0 Å². The molecule has 18 heavy (non-hydrogen) atoms. The van der Waals surface area contributed by atoms with E-state index in [-0.39, 0.29) is 6.54 Å². The van der Waals surface area contributed by atoms with E-state index in [4.69, 9.17) is 0 Å². The third-order valence-corrected chi connectivity index (χ3v) is 3.33. The first kappa shape index (κ1) is 15.2. The Balaban J connectivity index is 2.41. The molecule has 1 aromatic heterocycles. The zero-order valence-electron chi connectivity index (χ0n) is 10.5. The van der Waals surface area contributed by atoms with E-state index in [1.54, 1.807) is 11.9 Å². The van der Waals surface area contributed by atoms with Crippen LogP contribution < -0.4 is 10.2 Å². The molecule has 0 aliphatic carbocycles. The number of alkyl halides is 3. The number of aromatic nitrogens is 1. The summed E-state index contributed by atoms with van der Waals surface area (Å²) in [7, 11) is 1.63. The van der Waals surface area contributed by atoms with Gasteiger partial charge in [0.05, 0.1) is 12.1 Å². The Kier molecular flexibility index (Phi) is 5.87. The van der Waals surface area contributed by atoms with Crippen LogP contribution in [-0.2, 0) is 6.54 Å². The molecular formula is C11H18F3N3S. The largest absolute Gasteiger partial charge is 0.390 e. The Morgan fingerprint density at radius 2 is 2.17 bits per heavy atom. The second-order valence-corrected chi connectivity index (χ2v) is 4.92. The summed E-state index contributed by atoms with van der Waals surface area (Å²) >= 11 is 1.37. The molecule has 0 aromatic carbocycles. The molecule has 0 saturated carbocycles. The third-order valence-electron chi connectivity index (χ3n) is 2.33. The van der Waals surface area contributed by atoms with Gasteiger partial charge in [-0.2, -0.15) is 13.2 Å². The van der Waals surface area contributed by atoms with Crippen molar-refractivity contribution < 1.29 is 13.2 Å². The van der Waals surface area contributed by atoms with E-state index in [0.717, 1.165) is 18.7 Å². The van der Waals surface area contributed by atoms with Gasteiger partial charge in [0.2, 0.25) is 0 Å². The highest BCUT2D eigenvalue weighted by atomic mass is 32.1. The van der Waals surface area contributed by atoms with Crippen LogP contribution in [0.15, 0.2) is 5.38 Å². The molecular weight excluding hydrogens is 263 g/mol. The number of halogens is 3. The maximum Gasteiger partial charge on any atom is 0.390 e. The van der Waals surface area contributed by atoms with Crippen molar-refractivity contribution in [1.29, 1.82) is 0 Å². The lowest BCUT2D eigenvalue weighted by molar-refractivity contribution is -0.132. The summed E-state index contributed by atoms with van der Waals surface area (Å²) in [5.74, 6) is 0. The molecule has 1 rings (SSSR count). The summed E-state index contributed by atoms with van der Waals surface area (Å²) in [4.78, 5) is 5.84. The maximum atomic E-state index is 12.1. The fourth-order valence-electron chi connectivity index (χ4n) is 1.34. The molecule has 0 radical (unpaired) electrons. The van der Waals surface area contributed by atoms with Gasteiger partial charge in [-0.3, -0.25) is 0 Å². The van der Waals surface area contributed by atoms with Crippen LogP contribution in [0.4, 0.5) is 18.3 Å². The normalized spacial score (nSPS) is 11.8. The Morgan fingerprint density at radius 3 is 2.78 bits per heavy atom. The number of hydrogen-bond donors (Lipinski definition) is 1. The summed E-state index contributed by atoms with van der Waals surface area (Å²) < 4.78 is 36.3. The number of rotatable bonds is 7. The molecule has 0 aliphatic heterocycles. The third kappa shape index (κ3) is 5.68. The van der Waals surface area contributed by atoms with Gasteiger partial charge in [0.25, 0.3) is 0 Å².